The van der Waals surface area contributed by atoms with E-state index in [1.54, 1.807) is 6.07 Å². The van der Waals surface area contributed by atoms with Gasteiger partial charge in [0, 0.05) is 12.8 Å². The normalized spacial score (nSPS) is 15.5. The molecule has 152 valence electrons. The molecule has 0 saturated heterocycles. The second kappa shape index (κ2) is 11.0. The van der Waals surface area contributed by atoms with Gasteiger partial charge in [-0.05, 0) is 53.7 Å². The molecule has 0 aliphatic heterocycles. The number of aromatic hydroxyl groups is 1. The fourth-order valence-corrected chi connectivity index (χ4v) is 3.65. The zero-order valence-corrected chi connectivity index (χ0v) is 17.5. The van der Waals surface area contributed by atoms with Crippen LogP contribution in [0.25, 0.3) is 0 Å². The highest BCUT2D eigenvalue weighted by Crippen LogP contribution is 2.35. The Kier molecular flexibility index (Phi) is 9.33. The van der Waals surface area contributed by atoms with Crippen LogP contribution < -0.4 is 0 Å². The van der Waals surface area contributed by atoms with Crippen molar-refractivity contribution in [3.8, 4) is 5.75 Å². The van der Waals surface area contributed by atoms with Gasteiger partial charge in [-0.25, -0.2) is 0 Å². The van der Waals surface area contributed by atoms with E-state index in [0.717, 1.165) is 24.0 Å². The smallest absolute Gasteiger partial charge is 0.305 e. The van der Waals surface area contributed by atoms with E-state index in [1.807, 2.05) is 19.9 Å². The standard InChI is InChI=1S/C22H34O5/c1-14(11-21(24)26-5)9-16(3)18-7-8-20(23)19(13-18)17(4)10-15(2)12-22(25)27-6/h7-8,13-17,23H,9-12H2,1-6H3. The highest BCUT2D eigenvalue weighted by atomic mass is 16.5. The number of methoxy groups -OCH3 is 2. The van der Waals surface area contributed by atoms with Gasteiger partial charge in [0.25, 0.3) is 0 Å². The van der Waals surface area contributed by atoms with Gasteiger partial charge in [0.1, 0.15) is 5.75 Å². The molecule has 0 fully saturated rings. The summed E-state index contributed by atoms with van der Waals surface area (Å²) in [4.78, 5) is 22.9. The Morgan fingerprint density at radius 2 is 1.37 bits per heavy atom. The first-order valence-corrected chi connectivity index (χ1v) is 9.64. The third-order valence-electron chi connectivity index (χ3n) is 5.15. The van der Waals surface area contributed by atoms with Crippen LogP contribution in [-0.2, 0) is 19.1 Å². The molecule has 1 aromatic carbocycles. The lowest BCUT2D eigenvalue weighted by atomic mass is 9.84. The van der Waals surface area contributed by atoms with Crippen LogP contribution in [0.1, 0.15) is 76.3 Å². The summed E-state index contributed by atoms with van der Waals surface area (Å²) in [6.07, 6.45) is 2.45. The lowest BCUT2D eigenvalue weighted by Crippen LogP contribution is -2.11. The van der Waals surface area contributed by atoms with Crippen LogP contribution in [0.15, 0.2) is 18.2 Å². The molecule has 0 saturated carbocycles. The summed E-state index contributed by atoms with van der Waals surface area (Å²) in [6.45, 7) is 8.27. The average Bonchev–Trinajstić information content (AvgIpc) is 2.61. The molecule has 1 N–H and O–H groups in total. The van der Waals surface area contributed by atoms with Gasteiger partial charge in [-0.3, -0.25) is 9.59 Å². The van der Waals surface area contributed by atoms with Crippen LogP contribution in [0.2, 0.25) is 0 Å². The zero-order valence-electron chi connectivity index (χ0n) is 17.5. The van der Waals surface area contributed by atoms with Crippen molar-refractivity contribution in [1.82, 2.24) is 0 Å². The van der Waals surface area contributed by atoms with Gasteiger partial charge in [-0.15, -0.1) is 0 Å². The van der Waals surface area contributed by atoms with Crippen molar-refractivity contribution < 1.29 is 24.2 Å². The van der Waals surface area contributed by atoms with E-state index in [9.17, 15) is 14.7 Å². The Hall–Kier alpha value is -2.04. The zero-order chi connectivity index (χ0) is 20.6. The van der Waals surface area contributed by atoms with Crippen LogP contribution in [0, 0.1) is 11.8 Å². The Morgan fingerprint density at radius 1 is 0.889 bits per heavy atom. The van der Waals surface area contributed by atoms with Gasteiger partial charge < -0.3 is 14.6 Å². The molecule has 5 heteroatoms. The first-order chi connectivity index (χ1) is 12.7. The second-order valence-corrected chi connectivity index (χ2v) is 7.86. The number of carbonyl (C=O) groups is 2. The summed E-state index contributed by atoms with van der Waals surface area (Å²) in [7, 11) is 2.81. The molecule has 1 rings (SSSR count). The third kappa shape index (κ3) is 7.61. The molecule has 27 heavy (non-hydrogen) atoms. The van der Waals surface area contributed by atoms with E-state index in [-0.39, 0.29) is 41.4 Å². The molecule has 1 aromatic rings. The van der Waals surface area contributed by atoms with E-state index in [4.69, 9.17) is 9.47 Å². The summed E-state index contributed by atoms with van der Waals surface area (Å²) >= 11 is 0. The Morgan fingerprint density at radius 3 is 1.85 bits per heavy atom. The quantitative estimate of drug-likeness (QED) is 0.593. The second-order valence-electron chi connectivity index (χ2n) is 7.86. The summed E-state index contributed by atoms with van der Waals surface area (Å²) in [5.74, 6) is 0.685. The SMILES string of the molecule is COC(=O)CC(C)CC(C)c1ccc(O)c(C(C)CC(C)CC(=O)OC)c1. The number of phenols is 1. The number of esters is 2. The van der Waals surface area contributed by atoms with Crippen molar-refractivity contribution >= 4 is 11.9 Å². The third-order valence-corrected chi connectivity index (χ3v) is 5.15. The molecule has 0 bridgehead atoms. The molecule has 4 unspecified atom stereocenters. The molecule has 4 atom stereocenters. The Labute approximate surface area is 163 Å². The van der Waals surface area contributed by atoms with Crippen LogP contribution >= 0.6 is 0 Å². The van der Waals surface area contributed by atoms with Crippen LogP contribution in [0.3, 0.4) is 0 Å². The van der Waals surface area contributed by atoms with Gasteiger partial charge in [-0.1, -0.05) is 39.8 Å². The molecule has 0 amide bonds. The van der Waals surface area contributed by atoms with Crippen molar-refractivity contribution in [3.05, 3.63) is 29.3 Å². The van der Waals surface area contributed by atoms with Gasteiger partial charge in [-0.2, -0.15) is 0 Å². The molecule has 0 spiro atoms. The summed E-state index contributed by atoms with van der Waals surface area (Å²) < 4.78 is 9.48. The fourth-order valence-electron chi connectivity index (χ4n) is 3.65. The molecule has 0 aliphatic carbocycles. The number of ether oxygens (including phenoxy) is 2. The number of carbonyl (C=O) groups excluding carboxylic acids is 2. The number of hydrogen-bond acceptors (Lipinski definition) is 5. The predicted molar refractivity (Wildman–Crippen MR) is 106 cm³/mol. The first kappa shape index (κ1) is 23.0. The van der Waals surface area contributed by atoms with E-state index in [2.05, 4.69) is 19.9 Å². The highest BCUT2D eigenvalue weighted by Gasteiger charge is 2.19. The number of rotatable bonds is 10. The Bertz CT molecular complexity index is 625. The minimum atomic E-state index is -0.208. The van der Waals surface area contributed by atoms with Gasteiger partial charge in [0.15, 0.2) is 0 Å². The van der Waals surface area contributed by atoms with Gasteiger partial charge in [0.2, 0.25) is 0 Å². The van der Waals surface area contributed by atoms with Crippen LogP contribution in [0.4, 0.5) is 0 Å². The fraction of sp³-hybridized carbons (Fsp3) is 0.636. The molecular formula is C22H34O5. The van der Waals surface area contributed by atoms with Gasteiger partial charge >= 0.3 is 11.9 Å². The lowest BCUT2D eigenvalue weighted by molar-refractivity contribution is -0.142. The van der Waals surface area contributed by atoms with E-state index in [1.165, 1.54) is 14.2 Å². The van der Waals surface area contributed by atoms with E-state index in [0.29, 0.717) is 12.8 Å². The lowest BCUT2D eigenvalue weighted by Gasteiger charge is -2.21. The largest absolute Gasteiger partial charge is 0.508 e. The number of phenolic OH excluding ortho intramolecular Hbond substituents is 1. The van der Waals surface area contributed by atoms with Crippen molar-refractivity contribution in [1.29, 1.82) is 0 Å². The molecular weight excluding hydrogens is 344 g/mol. The predicted octanol–water partition coefficient (Wildman–Crippen LogP) is 4.78. The van der Waals surface area contributed by atoms with Gasteiger partial charge in [0.05, 0.1) is 14.2 Å². The minimum absolute atomic E-state index is 0.129. The summed E-state index contributed by atoms with van der Waals surface area (Å²) in [5, 5.41) is 10.3. The maximum absolute atomic E-state index is 11.4. The van der Waals surface area contributed by atoms with Crippen LogP contribution in [-0.4, -0.2) is 31.3 Å². The highest BCUT2D eigenvalue weighted by molar-refractivity contribution is 5.69. The summed E-state index contributed by atoms with van der Waals surface area (Å²) in [5.41, 5.74) is 2.05. The van der Waals surface area contributed by atoms with E-state index >= 15 is 0 Å². The van der Waals surface area contributed by atoms with Crippen LogP contribution in [0.5, 0.6) is 5.75 Å². The van der Waals surface area contributed by atoms with Crippen molar-refractivity contribution in [2.45, 2.75) is 65.2 Å². The molecule has 5 nitrogen and oxygen atoms in total. The topological polar surface area (TPSA) is 72.8 Å². The number of benzene rings is 1. The maximum atomic E-state index is 11.4. The Balaban J connectivity index is 2.80. The average molecular weight is 379 g/mol. The summed E-state index contributed by atoms with van der Waals surface area (Å²) in [6, 6.07) is 5.74. The molecule has 0 aromatic heterocycles. The maximum Gasteiger partial charge on any atom is 0.305 e. The minimum Gasteiger partial charge on any atom is -0.508 e. The molecule has 0 heterocycles. The monoisotopic (exact) mass is 378 g/mol. The van der Waals surface area contributed by atoms with E-state index < -0.39 is 0 Å². The van der Waals surface area contributed by atoms with Crippen molar-refractivity contribution in [2.75, 3.05) is 14.2 Å². The first-order valence-electron chi connectivity index (χ1n) is 9.64. The molecule has 0 radical (unpaired) electrons. The molecule has 0 aliphatic rings. The van der Waals surface area contributed by atoms with Crippen molar-refractivity contribution in [3.63, 3.8) is 0 Å². The van der Waals surface area contributed by atoms with Crippen molar-refractivity contribution in [2.24, 2.45) is 11.8 Å². The number of hydrogen-bond donors (Lipinski definition) is 1.